The first-order chi connectivity index (χ1) is 11.3. The molecule has 1 fully saturated rings. The van der Waals surface area contributed by atoms with E-state index in [9.17, 15) is 18.0 Å². The lowest BCUT2D eigenvalue weighted by molar-refractivity contribution is -0.165. The summed E-state index contributed by atoms with van der Waals surface area (Å²) in [5.41, 5.74) is 0. The molecule has 0 aromatic carbocycles. The molecule has 0 spiro atoms. The number of aromatic nitrogens is 4. The van der Waals surface area contributed by atoms with E-state index in [4.69, 9.17) is 9.05 Å². The zero-order valence-corrected chi connectivity index (χ0v) is 12.7. The Balaban J connectivity index is 1.70. The summed E-state index contributed by atoms with van der Waals surface area (Å²) in [6.07, 6.45) is -3.48. The minimum Gasteiger partial charge on any atom is -0.340 e. The van der Waals surface area contributed by atoms with Crippen LogP contribution in [0.4, 0.5) is 13.2 Å². The molecule has 24 heavy (non-hydrogen) atoms. The molecule has 1 aliphatic rings. The molecule has 0 radical (unpaired) electrons. The normalized spacial score (nSPS) is 19.1. The monoisotopic (exact) mass is 345 g/mol. The molecule has 2 aromatic rings. The third-order valence-electron chi connectivity index (χ3n) is 3.57. The van der Waals surface area contributed by atoms with Gasteiger partial charge in [0.05, 0.1) is 6.42 Å². The molecule has 0 bridgehead atoms. The zero-order chi connectivity index (χ0) is 17.3. The molecule has 1 aliphatic heterocycles. The highest BCUT2D eigenvalue weighted by Crippen LogP contribution is 2.29. The van der Waals surface area contributed by atoms with Gasteiger partial charge in [0, 0.05) is 13.5 Å². The number of piperidine rings is 1. The average Bonchev–Trinajstić information content (AvgIpc) is 3.10. The van der Waals surface area contributed by atoms with Crippen LogP contribution in [-0.4, -0.2) is 50.4 Å². The van der Waals surface area contributed by atoms with Crippen molar-refractivity contribution < 1.29 is 27.0 Å². The van der Waals surface area contributed by atoms with E-state index in [1.54, 1.807) is 6.92 Å². The smallest absolute Gasteiger partial charge is 0.340 e. The molecular weight excluding hydrogens is 331 g/mol. The summed E-state index contributed by atoms with van der Waals surface area (Å²) < 4.78 is 47.4. The van der Waals surface area contributed by atoms with Gasteiger partial charge in [-0.2, -0.15) is 23.1 Å². The van der Waals surface area contributed by atoms with Gasteiger partial charge in [0.2, 0.25) is 17.7 Å². The van der Waals surface area contributed by atoms with Gasteiger partial charge in [0.15, 0.2) is 11.6 Å². The standard InChI is InChI=1S/C13H14F3N5O3/c1-7-17-9(19-23-7)5-10-18-11(24-20-10)8-3-2-4-21(12(8)22)6-13(14,15)16/h8H,2-6H2,1H3. The Bertz CT molecular complexity index is 727. The van der Waals surface area contributed by atoms with Gasteiger partial charge >= 0.3 is 6.18 Å². The minimum atomic E-state index is -4.44. The number of hydrogen-bond donors (Lipinski definition) is 0. The van der Waals surface area contributed by atoms with Gasteiger partial charge in [0.25, 0.3) is 0 Å². The fourth-order valence-corrected chi connectivity index (χ4v) is 2.58. The molecule has 2 aromatic heterocycles. The summed E-state index contributed by atoms with van der Waals surface area (Å²) in [5, 5.41) is 7.42. The summed E-state index contributed by atoms with van der Waals surface area (Å²) in [5.74, 6) is -0.500. The molecule has 1 unspecified atom stereocenters. The predicted molar refractivity (Wildman–Crippen MR) is 70.7 cm³/mol. The second kappa shape index (κ2) is 6.21. The van der Waals surface area contributed by atoms with E-state index < -0.39 is 24.5 Å². The van der Waals surface area contributed by atoms with E-state index in [2.05, 4.69) is 20.3 Å². The summed E-state index contributed by atoms with van der Waals surface area (Å²) in [6.45, 7) is 0.428. The second-order valence-corrected chi connectivity index (χ2v) is 5.53. The van der Waals surface area contributed by atoms with Crippen molar-refractivity contribution in [3.05, 3.63) is 23.4 Å². The quantitative estimate of drug-likeness (QED) is 0.830. The van der Waals surface area contributed by atoms with Crippen LogP contribution in [0.5, 0.6) is 0 Å². The largest absolute Gasteiger partial charge is 0.406 e. The number of nitrogens with zero attached hydrogens (tertiary/aromatic N) is 5. The van der Waals surface area contributed by atoms with Crippen LogP contribution in [0, 0.1) is 6.92 Å². The molecule has 1 atom stereocenters. The van der Waals surface area contributed by atoms with E-state index in [1.165, 1.54) is 0 Å². The van der Waals surface area contributed by atoms with Crippen molar-refractivity contribution in [3.63, 3.8) is 0 Å². The Hall–Kier alpha value is -2.46. The number of hydrogen-bond acceptors (Lipinski definition) is 7. The van der Waals surface area contributed by atoms with Gasteiger partial charge in [0.1, 0.15) is 12.5 Å². The maximum atomic E-state index is 12.5. The van der Waals surface area contributed by atoms with E-state index in [1.807, 2.05) is 0 Å². The van der Waals surface area contributed by atoms with Gasteiger partial charge in [-0.1, -0.05) is 10.3 Å². The lowest BCUT2D eigenvalue weighted by Gasteiger charge is -2.31. The Morgan fingerprint density at radius 3 is 2.58 bits per heavy atom. The van der Waals surface area contributed by atoms with Crippen molar-refractivity contribution in [3.8, 4) is 0 Å². The molecule has 3 heterocycles. The van der Waals surface area contributed by atoms with E-state index in [0.717, 1.165) is 4.90 Å². The van der Waals surface area contributed by atoms with E-state index in [0.29, 0.717) is 24.6 Å². The number of carbonyl (C=O) groups is 1. The molecule has 0 saturated carbocycles. The van der Waals surface area contributed by atoms with Crippen molar-refractivity contribution in [2.45, 2.75) is 38.3 Å². The average molecular weight is 345 g/mol. The van der Waals surface area contributed by atoms with Gasteiger partial charge in [-0.3, -0.25) is 4.79 Å². The second-order valence-electron chi connectivity index (χ2n) is 5.53. The van der Waals surface area contributed by atoms with Crippen molar-refractivity contribution in [1.29, 1.82) is 0 Å². The molecule has 0 aliphatic carbocycles. The van der Waals surface area contributed by atoms with Crippen molar-refractivity contribution in [2.75, 3.05) is 13.1 Å². The third-order valence-corrected chi connectivity index (χ3v) is 3.57. The van der Waals surface area contributed by atoms with Gasteiger partial charge < -0.3 is 13.9 Å². The van der Waals surface area contributed by atoms with Gasteiger partial charge in [-0.05, 0) is 12.8 Å². The lowest BCUT2D eigenvalue weighted by atomic mass is 9.97. The maximum Gasteiger partial charge on any atom is 0.406 e. The Labute approximate surface area is 134 Å². The van der Waals surface area contributed by atoms with Crippen molar-refractivity contribution in [1.82, 2.24) is 25.2 Å². The van der Waals surface area contributed by atoms with Crippen LogP contribution in [0.3, 0.4) is 0 Å². The zero-order valence-electron chi connectivity index (χ0n) is 12.7. The van der Waals surface area contributed by atoms with Crippen LogP contribution in [0.25, 0.3) is 0 Å². The SMILES string of the molecule is Cc1nc(Cc2noc(C3CCCN(CC(F)(F)F)C3=O)n2)no1. The van der Waals surface area contributed by atoms with Crippen LogP contribution < -0.4 is 0 Å². The highest BCUT2D eigenvalue weighted by Gasteiger charge is 2.39. The Morgan fingerprint density at radius 1 is 1.21 bits per heavy atom. The number of aryl methyl sites for hydroxylation is 1. The number of halogens is 3. The molecule has 130 valence electrons. The first-order valence-corrected chi connectivity index (χ1v) is 7.29. The summed E-state index contributed by atoms with van der Waals surface area (Å²) >= 11 is 0. The first kappa shape index (κ1) is 16.4. The third kappa shape index (κ3) is 3.71. The fourth-order valence-electron chi connectivity index (χ4n) is 2.58. The molecule has 8 nitrogen and oxygen atoms in total. The number of rotatable bonds is 4. The van der Waals surface area contributed by atoms with Crippen LogP contribution in [0.15, 0.2) is 9.05 Å². The lowest BCUT2D eigenvalue weighted by Crippen LogP contribution is -2.45. The summed E-state index contributed by atoms with van der Waals surface area (Å²) in [4.78, 5) is 21.1. The van der Waals surface area contributed by atoms with E-state index >= 15 is 0 Å². The molecule has 1 saturated heterocycles. The molecule has 11 heteroatoms. The van der Waals surface area contributed by atoms with Crippen LogP contribution in [-0.2, 0) is 11.2 Å². The Morgan fingerprint density at radius 2 is 1.92 bits per heavy atom. The predicted octanol–water partition coefficient (Wildman–Crippen LogP) is 1.62. The van der Waals surface area contributed by atoms with E-state index in [-0.39, 0.29) is 24.7 Å². The highest BCUT2D eigenvalue weighted by molar-refractivity contribution is 5.83. The number of likely N-dealkylation sites (tertiary alicyclic amines) is 1. The van der Waals surface area contributed by atoms with Crippen LogP contribution in [0.2, 0.25) is 0 Å². The Kier molecular flexibility index (Phi) is 4.24. The number of carbonyl (C=O) groups excluding carboxylic acids is 1. The minimum absolute atomic E-state index is 0.0158. The van der Waals surface area contributed by atoms with Gasteiger partial charge in [-0.25, -0.2) is 0 Å². The number of amides is 1. The van der Waals surface area contributed by atoms with Crippen LogP contribution >= 0.6 is 0 Å². The van der Waals surface area contributed by atoms with Crippen molar-refractivity contribution in [2.24, 2.45) is 0 Å². The fraction of sp³-hybridized carbons (Fsp3) is 0.615. The molecular formula is C13H14F3N5O3. The first-order valence-electron chi connectivity index (χ1n) is 7.29. The van der Waals surface area contributed by atoms with Crippen molar-refractivity contribution >= 4 is 5.91 Å². The number of alkyl halides is 3. The topological polar surface area (TPSA) is 98.2 Å². The molecule has 0 N–H and O–H groups in total. The molecule has 1 amide bonds. The molecule has 3 rings (SSSR count). The van der Waals surface area contributed by atoms with Crippen LogP contribution in [0.1, 0.15) is 42.2 Å². The summed E-state index contributed by atoms with van der Waals surface area (Å²) in [6, 6.07) is 0. The highest BCUT2D eigenvalue weighted by atomic mass is 19.4. The van der Waals surface area contributed by atoms with Gasteiger partial charge in [-0.15, -0.1) is 0 Å². The summed E-state index contributed by atoms with van der Waals surface area (Å²) in [7, 11) is 0. The maximum absolute atomic E-state index is 12.5.